The Balaban J connectivity index is 0. The summed E-state index contributed by atoms with van der Waals surface area (Å²) in [7, 11) is 1.27. The number of rotatable bonds is 4. The van der Waals surface area contributed by atoms with E-state index in [1.165, 1.54) is 0 Å². The number of nitrogens with zero attached hydrogens (tertiary/aromatic N) is 1. The number of quaternary nitrogens is 1. The highest BCUT2D eigenvalue weighted by atomic mass is 32.3. The van der Waals surface area contributed by atoms with Gasteiger partial charge in [0, 0.05) is 12.0 Å². The highest BCUT2D eigenvalue weighted by Gasteiger charge is 2.23. The largest absolute Gasteiger partial charge is 0.726 e. The first kappa shape index (κ1) is 19.4. The second-order valence-electron chi connectivity index (χ2n) is 4.72. The van der Waals surface area contributed by atoms with Crippen molar-refractivity contribution in [2.24, 2.45) is 0 Å². The highest BCUT2D eigenvalue weighted by Crippen LogP contribution is 2.04. The molecule has 0 aliphatic carbocycles. The molecule has 0 heterocycles. The molecule has 0 radical (unpaired) electrons. The first-order valence-corrected chi connectivity index (χ1v) is 6.61. The SMILES string of the molecule is C=C(C)C(=O)NC(CC)[N+](C)(C)C.O=S(=O)([O-])O. The molecule has 1 unspecified atom stereocenters. The van der Waals surface area contributed by atoms with Crippen LogP contribution in [0.25, 0.3) is 0 Å². The van der Waals surface area contributed by atoms with E-state index in [0.29, 0.717) is 5.57 Å². The Morgan fingerprint density at radius 2 is 1.78 bits per heavy atom. The van der Waals surface area contributed by atoms with Crippen LogP contribution < -0.4 is 5.32 Å². The normalized spacial score (nSPS) is 13.1. The van der Waals surface area contributed by atoms with Crippen LogP contribution in [0, 0.1) is 0 Å². The molecule has 2 N–H and O–H groups in total. The maximum Gasteiger partial charge on any atom is 0.250 e. The van der Waals surface area contributed by atoms with Gasteiger partial charge in [-0.3, -0.25) is 9.35 Å². The van der Waals surface area contributed by atoms with E-state index in [9.17, 15) is 4.79 Å². The van der Waals surface area contributed by atoms with Crippen molar-refractivity contribution in [3.63, 3.8) is 0 Å². The number of hydrogen-bond acceptors (Lipinski definition) is 4. The summed E-state index contributed by atoms with van der Waals surface area (Å²) in [6.45, 7) is 7.39. The average Bonchev–Trinajstić information content (AvgIpc) is 2.08. The van der Waals surface area contributed by atoms with Gasteiger partial charge in [0.25, 0.3) is 5.91 Å². The van der Waals surface area contributed by atoms with E-state index >= 15 is 0 Å². The fourth-order valence-electron chi connectivity index (χ4n) is 1.12. The van der Waals surface area contributed by atoms with Crippen molar-refractivity contribution in [1.82, 2.24) is 5.32 Å². The monoisotopic (exact) mass is 282 g/mol. The predicted molar refractivity (Wildman–Crippen MR) is 67.4 cm³/mol. The molecule has 0 rings (SSSR count). The number of amides is 1. The van der Waals surface area contributed by atoms with E-state index in [0.717, 1.165) is 10.9 Å². The van der Waals surface area contributed by atoms with Crippen LogP contribution in [0.4, 0.5) is 0 Å². The van der Waals surface area contributed by atoms with Gasteiger partial charge >= 0.3 is 0 Å². The topological polar surface area (TPSA) is 107 Å². The summed E-state index contributed by atoms with van der Waals surface area (Å²) in [5.41, 5.74) is 0.562. The van der Waals surface area contributed by atoms with Crippen molar-refractivity contribution in [3.05, 3.63) is 12.2 Å². The fourth-order valence-corrected chi connectivity index (χ4v) is 1.12. The third-order valence-corrected chi connectivity index (χ3v) is 2.01. The molecule has 0 aliphatic heterocycles. The van der Waals surface area contributed by atoms with Crippen molar-refractivity contribution in [2.75, 3.05) is 21.1 Å². The Kier molecular flexibility index (Phi) is 8.04. The molecule has 7 nitrogen and oxygen atoms in total. The molecule has 0 aromatic carbocycles. The van der Waals surface area contributed by atoms with Crippen molar-refractivity contribution < 1.29 is 26.8 Å². The highest BCUT2D eigenvalue weighted by molar-refractivity contribution is 7.79. The van der Waals surface area contributed by atoms with Gasteiger partial charge in [-0.15, -0.1) is 0 Å². The summed E-state index contributed by atoms with van der Waals surface area (Å²) in [4.78, 5) is 11.3. The van der Waals surface area contributed by atoms with Gasteiger partial charge in [0.05, 0.1) is 21.1 Å². The second-order valence-corrected chi connectivity index (χ2v) is 5.58. The van der Waals surface area contributed by atoms with Crippen molar-refractivity contribution in [1.29, 1.82) is 0 Å². The number of carbonyl (C=O) groups is 1. The molecule has 8 heteroatoms. The van der Waals surface area contributed by atoms with Gasteiger partial charge in [0.1, 0.15) is 0 Å². The minimum atomic E-state index is -4.92. The Hall–Kier alpha value is -0.960. The smallest absolute Gasteiger partial charge is 0.250 e. The molecule has 0 aromatic heterocycles. The van der Waals surface area contributed by atoms with Crippen LogP contribution >= 0.6 is 0 Å². The molecular weight excluding hydrogens is 260 g/mol. The summed E-state index contributed by atoms with van der Waals surface area (Å²) < 4.78 is 33.6. The van der Waals surface area contributed by atoms with Crippen LogP contribution in [0.2, 0.25) is 0 Å². The predicted octanol–water partition coefficient (Wildman–Crippen LogP) is 0.126. The zero-order valence-corrected chi connectivity index (χ0v) is 12.2. The lowest BCUT2D eigenvalue weighted by molar-refractivity contribution is -0.898. The molecule has 0 saturated heterocycles. The molecule has 1 amide bonds. The Labute approximate surface area is 109 Å². The van der Waals surface area contributed by atoms with Gasteiger partial charge in [0.2, 0.25) is 10.4 Å². The van der Waals surface area contributed by atoms with Crippen LogP contribution in [0.1, 0.15) is 20.3 Å². The lowest BCUT2D eigenvalue weighted by Gasteiger charge is -2.33. The van der Waals surface area contributed by atoms with E-state index in [4.69, 9.17) is 17.5 Å². The first-order chi connectivity index (χ1) is 7.79. The number of nitrogens with one attached hydrogen (secondary N) is 1. The van der Waals surface area contributed by atoms with Crippen LogP contribution in [0.3, 0.4) is 0 Å². The van der Waals surface area contributed by atoms with Crippen LogP contribution in [-0.4, -0.2) is 55.2 Å². The fraction of sp³-hybridized carbons (Fsp3) is 0.700. The molecule has 0 saturated carbocycles. The maximum atomic E-state index is 11.3. The molecule has 0 aliphatic rings. The lowest BCUT2D eigenvalue weighted by Crippen LogP contribution is -2.54. The van der Waals surface area contributed by atoms with Crippen molar-refractivity contribution in [2.45, 2.75) is 26.4 Å². The molecule has 108 valence electrons. The molecule has 0 fully saturated rings. The van der Waals surface area contributed by atoms with E-state index in [2.05, 4.69) is 40.0 Å². The van der Waals surface area contributed by atoms with Gasteiger partial charge in [-0.2, -0.15) is 0 Å². The zero-order valence-electron chi connectivity index (χ0n) is 11.4. The zero-order chi connectivity index (χ0) is 15.1. The van der Waals surface area contributed by atoms with Crippen LogP contribution in [0.15, 0.2) is 12.2 Å². The van der Waals surface area contributed by atoms with Crippen molar-refractivity contribution in [3.8, 4) is 0 Å². The molecule has 0 spiro atoms. The van der Waals surface area contributed by atoms with Gasteiger partial charge in [-0.25, -0.2) is 8.42 Å². The quantitative estimate of drug-likeness (QED) is 0.250. The molecule has 0 bridgehead atoms. The molecule has 0 aromatic rings. The lowest BCUT2D eigenvalue weighted by atomic mass is 10.2. The summed E-state index contributed by atoms with van der Waals surface area (Å²) in [5, 5.41) is 2.94. The molecule has 1 atom stereocenters. The van der Waals surface area contributed by atoms with Gasteiger partial charge in [0.15, 0.2) is 6.17 Å². The van der Waals surface area contributed by atoms with E-state index < -0.39 is 10.4 Å². The Morgan fingerprint density at radius 1 is 1.44 bits per heavy atom. The third-order valence-electron chi connectivity index (χ3n) is 2.01. The third kappa shape index (κ3) is 13.1. The Bertz CT molecular complexity index is 376. The summed E-state index contributed by atoms with van der Waals surface area (Å²) in [6.07, 6.45) is 1.08. The Morgan fingerprint density at radius 3 is 1.94 bits per heavy atom. The number of carbonyl (C=O) groups excluding carboxylic acids is 1. The second kappa shape index (κ2) is 7.47. The standard InChI is InChI=1S/C10H20N2O.H2O4S/c1-7-9(12(4,5)6)11-10(13)8(2)3;1-5(2,3)4/h9H,2,7H2,1,3-6H3;(H2,1,2,3,4). The summed E-state index contributed by atoms with van der Waals surface area (Å²) in [5.74, 6) is -0.0556. The maximum absolute atomic E-state index is 11.3. The van der Waals surface area contributed by atoms with Gasteiger partial charge in [-0.05, 0) is 6.92 Å². The van der Waals surface area contributed by atoms with Crippen LogP contribution in [0.5, 0.6) is 0 Å². The van der Waals surface area contributed by atoms with E-state index in [1.807, 2.05) is 0 Å². The van der Waals surface area contributed by atoms with E-state index in [1.54, 1.807) is 6.92 Å². The first-order valence-electron chi connectivity index (χ1n) is 5.24. The molecule has 18 heavy (non-hydrogen) atoms. The number of hydrogen-bond donors (Lipinski definition) is 2. The van der Waals surface area contributed by atoms with E-state index in [-0.39, 0.29) is 12.1 Å². The van der Waals surface area contributed by atoms with Gasteiger partial charge in [-0.1, -0.05) is 13.5 Å². The minimum absolute atomic E-state index is 0.0556. The minimum Gasteiger partial charge on any atom is -0.726 e. The van der Waals surface area contributed by atoms with Crippen LogP contribution in [-0.2, 0) is 15.2 Å². The van der Waals surface area contributed by atoms with Gasteiger partial charge < -0.3 is 14.4 Å². The van der Waals surface area contributed by atoms with Crippen molar-refractivity contribution >= 4 is 16.3 Å². The molecular formula is C10H22N2O5S. The average molecular weight is 282 g/mol. The summed E-state index contributed by atoms with van der Waals surface area (Å²) >= 11 is 0. The summed E-state index contributed by atoms with van der Waals surface area (Å²) in [6, 6.07) is 0.